The van der Waals surface area contributed by atoms with Crippen molar-refractivity contribution in [3.8, 4) is 0 Å². The van der Waals surface area contributed by atoms with E-state index < -0.39 is 5.60 Å². The molecular formula is C9H12BrClN2O. The Labute approximate surface area is 96.6 Å². The Morgan fingerprint density at radius 2 is 2.29 bits per heavy atom. The molecule has 5 heteroatoms. The maximum atomic E-state index is 9.48. The van der Waals surface area contributed by atoms with E-state index in [-0.39, 0.29) is 0 Å². The molecule has 1 rings (SSSR count). The molecule has 0 aliphatic heterocycles. The molecule has 0 aliphatic carbocycles. The van der Waals surface area contributed by atoms with Gasteiger partial charge < -0.3 is 10.4 Å². The summed E-state index contributed by atoms with van der Waals surface area (Å²) in [6, 6.07) is 1.75. The number of anilines is 1. The fraction of sp³-hybridized carbons (Fsp3) is 0.444. The maximum Gasteiger partial charge on any atom is 0.144 e. The second-order valence-corrected chi connectivity index (χ2v) is 4.97. The van der Waals surface area contributed by atoms with Crippen molar-refractivity contribution in [3.05, 3.63) is 21.8 Å². The minimum Gasteiger partial charge on any atom is -0.389 e. The van der Waals surface area contributed by atoms with Crippen LogP contribution in [0.3, 0.4) is 0 Å². The molecule has 0 spiro atoms. The van der Waals surface area contributed by atoms with E-state index in [1.54, 1.807) is 26.1 Å². The molecule has 0 bridgehead atoms. The number of nitrogens with one attached hydrogen (secondary N) is 1. The van der Waals surface area contributed by atoms with E-state index in [0.717, 1.165) is 4.47 Å². The normalized spacial score (nSPS) is 11.5. The Morgan fingerprint density at radius 1 is 1.64 bits per heavy atom. The number of halogens is 2. The van der Waals surface area contributed by atoms with Crippen LogP contribution in [0.5, 0.6) is 0 Å². The van der Waals surface area contributed by atoms with Gasteiger partial charge in [-0.3, -0.25) is 0 Å². The highest BCUT2D eigenvalue weighted by Gasteiger charge is 2.13. The number of aliphatic hydroxyl groups is 1. The van der Waals surface area contributed by atoms with E-state index in [2.05, 4.69) is 26.2 Å². The Morgan fingerprint density at radius 3 is 2.79 bits per heavy atom. The minimum atomic E-state index is -0.780. The molecule has 0 fully saturated rings. The molecular weight excluding hydrogens is 267 g/mol. The number of aromatic nitrogens is 1. The average Bonchev–Trinajstić information content (AvgIpc) is 2.00. The summed E-state index contributed by atoms with van der Waals surface area (Å²) >= 11 is 9.18. The highest BCUT2D eigenvalue weighted by molar-refractivity contribution is 9.10. The summed E-state index contributed by atoms with van der Waals surface area (Å²) in [5, 5.41) is 13.0. The van der Waals surface area contributed by atoms with Crippen LogP contribution in [-0.2, 0) is 0 Å². The predicted molar refractivity (Wildman–Crippen MR) is 61.7 cm³/mol. The fourth-order valence-electron chi connectivity index (χ4n) is 0.845. The number of hydrogen-bond donors (Lipinski definition) is 2. The molecule has 1 aromatic heterocycles. The van der Waals surface area contributed by atoms with Crippen molar-refractivity contribution in [1.82, 2.24) is 4.98 Å². The Hall–Kier alpha value is -0.320. The predicted octanol–water partition coefficient (Wildman–Crippen LogP) is 2.68. The van der Waals surface area contributed by atoms with Crippen molar-refractivity contribution >= 4 is 33.3 Å². The van der Waals surface area contributed by atoms with Crippen LogP contribution in [0.2, 0.25) is 5.02 Å². The lowest BCUT2D eigenvalue weighted by Gasteiger charge is -2.18. The standard InChI is InChI=1S/C9H12BrClN2O/c1-9(2,14)5-13-8-7(11)3-6(10)4-12-8/h3-4,14H,5H2,1-2H3,(H,12,13). The van der Waals surface area contributed by atoms with Crippen LogP contribution >= 0.6 is 27.5 Å². The zero-order chi connectivity index (χ0) is 10.8. The maximum absolute atomic E-state index is 9.48. The molecule has 0 amide bonds. The molecule has 3 nitrogen and oxygen atoms in total. The summed E-state index contributed by atoms with van der Waals surface area (Å²) in [7, 11) is 0. The first-order valence-electron chi connectivity index (χ1n) is 4.16. The Bertz CT molecular complexity index is 325. The van der Waals surface area contributed by atoms with Gasteiger partial charge in [-0.2, -0.15) is 0 Å². The lowest BCUT2D eigenvalue weighted by molar-refractivity contribution is 0.0944. The van der Waals surface area contributed by atoms with Crippen molar-refractivity contribution in [2.75, 3.05) is 11.9 Å². The van der Waals surface area contributed by atoms with Crippen LogP contribution < -0.4 is 5.32 Å². The quantitative estimate of drug-likeness (QED) is 0.894. The molecule has 0 saturated heterocycles. The zero-order valence-electron chi connectivity index (χ0n) is 8.01. The van der Waals surface area contributed by atoms with Crippen LogP contribution in [-0.4, -0.2) is 22.2 Å². The van der Waals surface area contributed by atoms with Gasteiger partial charge in [0.05, 0.1) is 10.6 Å². The van der Waals surface area contributed by atoms with Gasteiger partial charge in [0.25, 0.3) is 0 Å². The molecule has 0 radical (unpaired) electrons. The van der Waals surface area contributed by atoms with E-state index in [0.29, 0.717) is 17.4 Å². The van der Waals surface area contributed by atoms with Crippen LogP contribution in [0.25, 0.3) is 0 Å². The molecule has 14 heavy (non-hydrogen) atoms. The van der Waals surface area contributed by atoms with E-state index in [1.165, 1.54) is 0 Å². The molecule has 0 saturated carbocycles. The number of rotatable bonds is 3. The number of nitrogens with zero attached hydrogens (tertiary/aromatic N) is 1. The van der Waals surface area contributed by atoms with Crippen molar-refractivity contribution in [2.24, 2.45) is 0 Å². The second kappa shape index (κ2) is 4.47. The Kier molecular flexibility index (Phi) is 3.75. The third-order valence-corrected chi connectivity index (χ3v) is 2.22. The van der Waals surface area contributed by atoms with Gasteiger partial charge in [0, 0.05) is 17.2 Å². The Balaban J connectivity index is 2.68. The summed E-state index contributed by atoms with van der Waals surface area (Å²) in [6.07, 6.45) is 1.65. The summed E-state index contributed by atoms with van der Waals surface area (Å²) in [6.45, 7) is 3.83. The van der Waals surface area contributed by atoms with Gasteiger partial charge in [0.2, 0.25) is 0 Å². The molecule has 78 valence electrons. The van der Waals surface area contributed by atoms with Crippen molar-refractivity contribution < 1.29 is 5.11 Å². The molecule has 0 aliphatic rings. The first-order chi connectivity index (χ1) is 6.38. The smallest absolute Gasteiger partial charge is 0.144 e. The summed E-state index contributed by atoms with van der Waals surface area (Å²) in [4.78, 5) is 4.08. The summed E-state index contributed by atoms with van der Waals surface area (Å²) < 4.78 is 0.830. The molecule has 0 aromatic carbocycles. The second-order valence-electron chi connectivity index (χ2n) is 3.65. The van der Waals surface area contributed by atoms with Crippen molar-refractivity contribution in [3.63, 3.8) is 0 Å². The lowest BCUT2D eigenvalue weighted by Crippen LogP contribution is -2.29. The van der Waals surface area contributed by atoms with Gasteiger partial charge in [-0.05, 0) is 35.8 Å². The van der Waals surface area contributed by atoms with Gasteiger partial charge >= 0.3 is 0 Å². The first-order valence-corrected chi connectivity index (χ1v) is 5.33. The number of hydrogen-bond acceptors (Lipinski definition) is 3. The molecule has 2 N–H and O–H groups in total. The van der Waals surface area contributed by atoms with Crippen LogP contribution in [0.1, 0.15) is 13.8 Å². The lowest BCUT2D eigenvalue weighted by atomic mass is 10.1. The minimum absolute atomic E-state index is 0.404. The summed E-state index contributed by atoms with van der Waals surface area (Å²) in [5.41, 5.74) is -0.780. The van der Waals surface area contributed by atoms with Gasteiger partial charge in [-0.25, -0.2) is 4.98 Å². The fourth-order valence-corrected chi connectivity index (χ4v) is 1.54. The van der Waals surface area contributed by atoms with Gasteiger partial charge in [-0.15, -0.1) is 0 Å². The van der Waals surface area contributed by atoms with Crippen molar-refractivity contribution in [1.29, 1.82) is 0 Å². The van der Waals surface area contributed by atoms with E-state index >= 15 is 0 Å². The number of pyridine rings is 1. The zero-order valence-corrected chi connectivity index (χ0v) is 10.4. The highest BCUT2D eigenvalue weighted by atomic mass is 79.9. The van der Waals surface area contributed by atoms with Crippen LogP contribution in [0, 0.1) is 0 Å². The SMILES string of the molecule is CC(C)(O)CNc1ncc(Br)cc1Cl. The van der Waals surface area contributed by atoms with E-state index in [9.17, 15) is 5.11 Å². The summed E-state index contributed by atoms with van der Waals surface area (Å²) in [5.74, 6) is 0.581. The topological polar surface area (TPSA) is 45.1 Å². The van der Waals surface area contributed by atoms with Gasteiger partial charge in [0.1, 0.15) is 5.82 Å². The highest BCUT2D eigenvalue weighted by Crippen LogP contribution is 2.23. The van der Waals surface area contributed by atoms with Crippen molar-refractivity contribution in [2.45, 2.75) is 19.4 Å². The third-order valence-electron chi connectivity index (χ3n) is 1.50. The monoisotopic (exact) mass is 278 g/mol. The molecule has 0 unspecified atom stereocenters. The van der Waals surface area contributed by atoms with E-state index in [4.69, 9.17) is 11.6 Å². The largest absolute Gasteiger partial charge is 0.389 e. The molecule has 0 atom stereocenters. The first kappa shape index (κ1) is 11.8. The van der Waals surface area contributed by atoms with E-state index in [1.807, 2.05) is 0 Å². The average molecular weight is 280 g/mol. The molecule has 1 heterocycles. The van der Waals surface area contributed by atoms with Crippen LogP contribution in [0.4, 0.5) is 5.82 Å². The van der Waals surface area contributed by atoms with Gasteiger partial charge in [-0.1, -0.05) is 11.6 Å². The van der Waals surface area contributed by atoms with Gasteiger partial charge in [0.15, 0.2) is 0 Å². The third kappa shape index (κ3) is 3.82. The molecule has 1 aromatic rings. The van der Waals surface area contributed by atoms with Crippen LogP contribution in [0.15, 0.2) is 16.7 Å².